The Morgan fingerprint density at radius 2 is 1.58 bits per heavy atom. The Balaban J connectivity index is 1.66. The van der Waals surface area contributed by atoms with E-state index >= 15 is 0 Å². The highest BCUT2D eigenvalue weighted by Crippen LogP contribution is 2.30. The lowest BCUT2D eigenvalue weighted by atomic mass is 10.2. The van der Waals surface area contributed by atoms with Gasteiger partial charge in [0.05, 0.1) is 10.5 Å². The van der Waals surface area contributed by atoms with E-state index in [2.05, 4.69) is 0 Å². The number of nitrogens with one attached hydrogen (secondary N) is 1. The highest BCUT2D eigenvalue weighted by molar-refractivity contribution is 7.90. The van der Waals surface area contributed by atoms with Gasteiger partial charge in [-0.2, -0.15) is 13.2 Å². The van der Waals surface area contributed by atoms with Crippen LogP contribution in [-0.4, -0.2) is 14.3 Å². The third kappa shape index (κ3) is 5.82. The maximum absolute atomic E-state index is 12.9. The van der Waals surface area contributed by atoms with Gasteiger partial charge in [-0.05, 0) is 60.2 Å². The number of carbonyl (C=O) groups is 1. The van der Waals surface area contributed by atoms with Gasteiger partial charge in [-0.25, -0.2) is 17.5 Å². The van der Waals surface area contributed by atoms with Crippen LogP contribution in [0.3, 0.4) is 0 Å². The first-order valence-corrected chi connectivity index (χ1v) is 10.2. The van der Waals surface area contributed by atoms with Gasteiger partial charge in [-0.1, -0.05) is 18.2 Å². The maximum Gasteiger partial charge on any atom is 0.416 e. The number of halogens is 4. The Morgan fingerprint density at radius 3 is 2.19 bits per heavy atom. The van der Waals surface area contributed by atoms with Crippen molar-refractivity contribution in [3.63, 3.8) is 0 Å². The van der Waals surface area contributed by atoms with Gasteiger partial charge in [0.2, 0.25) is 0 Å². The monoisotopic (exact) mass is 453 g/mol. The molecule has 1 N–H and O–H groups in total. The number of hydrogen-bond acceptors (Lipinski definition) is 4. The average molecular weight is 453 g/mol. The summed E-state index contributed by atoms with van der Waals surface area (Å²) >= 11 is 0. The molecule has 3 aromatic carbocycles. The largest absolute Gasteiger partial charge is 0.489 e. The number of benzene rings is 3. The van der Waals surface area contributed by atoms with Crippen LogP contribution in [0.1, 0.15) is 21.5 Å². The zero-order chi connectivity index (χ0) is 22.6. The zero-order valence-electron chi connectivity index (χ0n) is 15.7. The Bertz CT molecular complexity index is 1180. The normalized spacial score (nSPS) is 11.7. The van der Waals surface area contributed by atoms with Crippen LogP contribution in [0.15, 0.2) is 77.7 Å². The molecule has 0 bridgehead atoms. The minimum absolute atomic E-state index is 0.0373. The fourth-order valence-electron chi connectivity index (χ4n) is 2.53. The third-order valence-corrected chi connectivity index (χ3v) is 5.46. The van der Waals surface area contributed by atoms with Crippen LogP contribution in [-0.2, 0) is 22.8 Å². The minimum atomic E-state index is -4.72. The second-order valence-corrected chi connectivity index (χ2v) is 8.08. The van der Waals surface area contributed by atoms with Gasteiger partial charge in [-0.3, -0.25) is 4.79 Å². The van der Waals surface area contributed by atoms with Gasteiger partial charge < -0.3 is 4.74 Å². The van der Waals surface area contributed by atoms with E-state index in [1.54, 1.807) is 16.9 Å². The third-order valence-electron chi connectivity index (χ3n) is 4.13. The van der Waals surface area contributed by atoms with E-state index in [-0.39, 0.29) is 18.0 Å². The van der Waals surface area contributed by atoms with Crippen LogP contribution in [0.2, 0.25) is 0 Å². The second-order valence-electron chi connectivity index (χ2n) is 6.40. The van der Waals surface area contributed by atoms with E-state index in [4.69, 9.17) is 4.74 Å². The molecule has 5 nitrogen and oxygen atoms in total. The Labute approximate surface area is 175 Å². The molecule has 0 saturated heterocycles. The number of amides is 1. The lowest BCUT2D eigenvalue weighted by Gasteiger charge is -2.11. The van der Waals surface area contributed by atoms with Gasteiger partial charge in [-0.15, -0.1) is 0 Å². The van der Waals surface area contributed by atoms with Crippen LogP contribution in [0.25, 0.3) is 0 Å². The number of sulfonamides is 1. The fourth-order valence-corrected chi connectivity index (χ4v) is 3.55. The summed E-state index contributed by atoms with van der Waals surface area (Å²) in [5.74, 6) is -1.01. The lowest BCUT2D eigenvalue weighted by molar-refractivity contribution is -0.137. The van der Waals surface area contributed by atoms with Gasteiger partial charge in [0.25, 0.3) is 15.9 Å². The van der Waals surface area contributed by atoms with Crippen LogP contribution in [0, 0.1) is 5.82 Å². The van der Waals surface area contributed by atoms with E-state index in [9.17, 15) is 30.8 Å². The molecule has 0 spiro atoms. The van der Waals surface area contributed by atoms with Crippen LogP contribution >= 0.6 is 0 Å². The first-order valence-electron chi connectivity index (χ1n) is 8.76. The summed E-state index contributed by atoms with van der Waals surface area (Å²) in [5, 5.41) is 0. The molecule has 0 aliphatic carbocycles. The zero-order valence-corrected chi connectivity index (χ0v) is 16.5. The second kappa shape index (κ2) is 8.76. The minimum Gasteiger partial charge on any atom is -0.489 e. The van der Waals surface area contributed by atoms with Gasteiger partial charge in [0.1, 0.15) is 18.2 Å². The summed E-state index contributed by atoms with van der Waals surface area (Å²) in [7, 11) is -4.51. The lowest BCUT2D eigenvalue weighted by Crippen LogP contribution is -2.30. The Hall–Kier alpha value is -3.40. The van der Waals surface area contributed by atoms with Crippen molar-refractivity contribution in [2.45, 2.75) is 17.7 Å². The quantitative estimate of drug-likeness (QED) is 0.557. The van der Waals surface area contributed by atoms with Gasteiger partial charge >= 0.3 is 6.18 Å². The van der Waals surface area contributed by atoms with Crippen LogP contribution in [0.5, 0.6) is 5.75 Å². The number of hydrogen-bond donors (Lipinski definition) is 1. The number of ether oxygens (including phenoxy) is 1. The number of carbonyl (C=O) groups excluding carboxylic acids is 1. The molecule has 1 amide bonds. The van der Waals surface area contributed by atoms with Crippen molar-refractivity contribution in [1.82, 2.24) is 4.72 Å². The molecular formula is C21H15F4NO4S. The number of rotatable bonds is 6. The molecule has 0 saturated carbocycles. The van der Waals surface area contributed by atoms with Gasteiger partial charge in [0, 0.05) is 5.56 Å². The Morgan fingerprint density at radius 1 is 0.935 bits per heavy atom. The fraction of sp³-hybridized carbons (Fsp3) is 0.0952. The highest BCUT2D eigenvalue weighted by Gasteiger charge is 2.32. The van der Waals surface area contributed by atoms with Gasteiger partial charge in [0.15, 0.2) is 0 Å². The van der Waals surface area contributed by atoms with Crippen molar-refractivity contribution >= 4 is 15.9 Å². The average Bonchev–Trinajstić information content (AvgIpc) is 2.73. The standard InChI is InChI=1S/C21H15F4NO4S/c22-17-8-4-14(5-9-17)13-30-18-10-6-15(7-11-18)20(27)26-31(28,29)19-3-1-2-16(12-19)21(23,24)25/h1-12H,13H2,(H,26,27). The van der Waals surface area contributed by atoms with E-state index in [0.717, 1.165) is 23.8 Å². The SMILES string of the molecule is O=C(NS(=O)(=O)c1cccc(C(F)(F)F)c1)c1ccc(OCc2ccc(F)cc2)cc1. The first kappa shape index (κ1) is 22.3. The molecule has 3 rings (SSSR count). The summed E-state index contributed by atoms with van der Waals surface area (Å²) in [5.41, 5.74) is -0.467. The van der Waals surface area contributed by atoms with Crippen molar-refractivity contribution in [3.8, 4) is 5.75 Å². The maximum atomic E-state index is 12.9. The van der Waals surface area contributed by atoms with Crippen LogP contribution < -0.4 is 9.46 Å². The predicted molar refractivity (Wildman–Crippen MR) is 103 cm³/mol. The summed E-state index contributed by atoms with van der Waals surface area (Å²) in [4.78, 5) is 11.6. The summed E-state index contributed by atoms with van der Waals surface area (Å²) in [6.45, 7) is 0.149. The van der Waals surface area contributed by atoms with Crippen LogP contribution in [0.4, 0.5) is 17.6 Å². The molecule has 0 unspecified atom stereocenters. The molecule has 162 valence electrons. The van der Waals surface area contributed by atoms with E-state index in [1.165, 1.54) is 36.4 Å². The van der Waals surface area contributed by atoms with E-state index < -0.39 is 32.6 Å². The molecule has 0 atom stereocenters. The molecule has 3 aromatic rings. The van der Waals surface area contributed by atoms with Crippen molar-refractivity contribution in [2.75, 3.05) is 0 Å². The molecule has 0 aliphatic heterocycles. The predicted octanol–water partition coefficient (Wildman–Crippen LogP) is 4.54. The molecular weight excluding hydrogens is 438 g/mol. The summed E-state index contributed by atoms with van der Waals surface area (Å²) in [6, 6.07) is 14.2. The molecule has 0 radical (unpaired) electrons. The van der Waals surface area contributed by atoms with Crippen molar-refractivity contribution < 1.29 is 35.5 Å². The van der Waals surface area contributed by atoms with Crippen molar-refractivity contribution in [1.29, 1.82) is 0 Å². The molecule has 31 heavy (non-hydrogen) atoms. The van der Waals surface area contributed by atoms with Crippen molar-refractivity contribution in [3.05, 3.63) is 95.3 Å². The highest BCUT2D eigenvalue weighted by atomic mass is 32.2. The molecule has 0 aromatic heterocycles. The van der Waals surface area contributed by atoms with E-state index in [0.29, 0.717) is 11.8 Å². The molecule has 0 heterocycles. The molecule has 0 fully saturated rings. The molecule has 10 heteroatoms. The van der Waals surface area contributed by atoms with Crippen molar-refractivity contribution in [2.24, 2.45) is 0 Å². The number of alkyl halides is 3. The summed E-state index contributed by atoms with van der Waals surface area (Å²) < 4.78 is 83.1. The molecule has 0 aliphatic rings. The topological polar surface area (TPSA) is 72.5 Å². The first-order chi connectivity index (χ1) is 14.5. The smallest absolute Gasteiger partial charge is 0.416 e. The summed E-state index contributed by atoms with van der Waals surface area (Å²) in [6.07, 6.45) is -4.72. The Kier molecular flexibility index (Phi) is 6.30. The van der Waals surface area contributed by atoms with E-state index in [1.807, 2.05) is 0 Å².